The highest BCUT2D eigenvalue weighted by atomic mass is 16.5. The standard InChI is InChI=1S/C22H24N6O2/c1-30-21-5-14(2-3-24-21)9-27-10-15-4-17(12-27)19-6-16(7-22(29)28(19)11-15)18-8-20(23)26-13-25-18/h2-3,5-8,13,15,17H,4,9-12H2,1H3,(H2,23,25,26)/t15-,17+/m0/s1. The predicted octanol–water partition coefficient (Wildman–Crippen LogP) is 1.91. The highest BCUT2D eigenvalue weighted by molar-refractivity contribution is 5.61. The molecule has 8 heteroatoms. The molecule has 2 bridgehead atoms. The van der Waals surface area contributed by atoms with Crippen LogP contribution in [-0.2, 0) is 13.1 Å². The Hall–Kier alpha value is -3.26. The quantitative estimate of drug-likeness (QED) is 0.709. The number of hydrogen-bond acceptors (Lipinski definition) is 7. The summed E-state index contributed by atoms with van der Waals surface area (Å²) in [6, 6.07) is 9.49. The van der Waals surface area contributed by atoms with Gasteiger partial charge in [0, 0.05) is 67.8 Å². The largest absolute Gasteiger partial charge is 0.481 e. The predicted molar refractivity (Wildman–Crippen MR) is 113 cm³/mol. The number of pyridine rings is 2. The fraction of sp³-hybridized carbons (Fsp3) is 0.364. The SMILES string of the molecule is COc1cc(CN2C[C@@H]3C[C@H](C2)c2cc(-c4cc(N)ncn4)cc(=O)n2C3)ccn1. The summed E-state index contributed by atoms with van der Waals surface area (Å²) in [5.74, 6) is 1.82. The molecule has 8 nitrogen and oxygen atoms in total. The van der Waals surface area contributed by atoms with Crippen LogP contribution in [0.15, 0.2) is 47.7 Å². The van der Waals surface area contributed by atoms with Gasteiger partial charge in [0.15, 0.2) is 0 Å². The molecule has 1 saturated heterocycles. The molecule has 0 aliphatic carbocycles. The topological polar surface area (TPSA) is 99.2 Å². The van der Waals surface area contributed by atoms with Crippen LogP contribution >= 0.6 is 0 Å². The van der Waals surface area contributed by atoms with E-state index in [4.69, 9.17) is 10.5 Å². The van der Waals surface area contributed by atoms with Crippen LogP contribution in [0.3, 0.4) is 0 Å². The maximum atomic E-state index is 12.9. The lowest BCUT2D eigenvalue weighted by atomic mass is 9.82. The first kappa shape index (κ1) is 18.7. The molecule has 0 saturated carbocycles. The molecule has 5 heterocycles. The van der Waals surface area contributed by atoms with Gasteiger partial charge in [-0.2, -0.15) is 0 Å². The second kappa shape index (κ2) is 7.53. The second-order valence-electron chi connectivity index (χ2n) is 8.15. The smallest absolute Gasteiger partial charge is 0.251 e. The van der Waals surface area contributed by atoms with Crippen molar-refractivity contribution in [2.24, 2.45) is 5.92 Å². The molecular weight excluding hydrogens is 380 g/mol. The number of anilines is 1. The number of nitrogens with zero attached hydrogens (tertiary/aromatic N) is 5. The van der Waals surface area contributed by atoms with Gasteiger partial charge in [-0.25, -0.2) is 15.0 Å². The van der Waals surface area contributed by atoms with Crippen molar-refractivity contribution in [2.75, 3.05) is 25.9 Å². The van der Waals surface area contributed by atoms with Crippen molar-refractivity contribution in [3.05, 3.63) is 64.5 Å². The molecule has 0 unspecified atom stereocenters. The van der Waals surface area contributed by atoms with E-state index in [1.807, 2.05) is 16.7 Å². The van der Waals surface area contributed by atoms with Crippen LogP contribution in [-0.4, -0.2) is 44.6 Å². The lowest BCUT2D eigenvalue weighted by molar-refractivity contribution is 0.114. The van der Waals surface area contributed by atoms with Gasteiger partial charge in [-0.05, 0) is 30.0 Å². The van der Waals surface area contributed by atoms with Crippen LogP contribution in [0.25, 0.3) is 11.3 Å². The highest BCUT2D eigenvalue weighted by Gasteiger charge is 2.35. The Kier molecular flexibility index (Phi) is 4.71. The van der Waals surface area contributed by atoms with Crippen LogP contribution < -0.4 is 16.0 Å². The molecule has 0 spiro atoms. The minimum atomic E-state index is 0.0294. The Labute approximate surface area is 174 Å². The van der Waals surface area contributed by atoms with Crippen LogP contribution in [0.1, 0.15) is 23.6 Å². The number of likely N-dealkylation sites (tertiary alicyclic amines) is 1. The van der Waals surface area contributed by atoms with E-state index < -0.39 is 0 Å². The van der Waals surface area contributed by atoms with E-state index in [1.54, 1.807) is 25.4 Å². The van der Waals surface area contributed by atoms with Gasteiger partial charge in [0.25, 0.3) is 5.56 Å². The molecule has 154 valence electrons. The van der Waals surface area contributed by atoms with Gasteiger partial charge in [0.05, 0.1) is 12.8 Å². The first-order valence-electron chi connectivity index (χ1n) is 10.1. The van der Waals surface area contributed by atoms with Crippen LogP contribution in [0.2, 0.25) is 0 Å². The van der Waals surface area contributed by atoms with E-state index in [0.29, 0.717) is 29.2 Å². The second-order valence-corrected chi connectivity index (χ2v) is 8.15. The molecule has 1 fully saturated rings. The zero-order valence-electron chi connectivity index (χ0n) is 16.9. The first-order chi connectivity index (χ1) is 14.6. The number of methoxy groups -OCH3 is 1. The summed E-state index contributed by atoms with van der Waals surface area (Å²) >= 11 is 0. The van der Waals surface area contributed by atoms with Crippen molar-refractivity contribution in [3.63, 3.8) is 0 Å². The molecule has 30 heavy (non-hydrogen) atoms. The van der Waals surface area contributed by atoms with E-state index in [-0.39, 0.29) is 5.56 Å². The molecule has 2 N–H and O–H groups in total. The third-order valence-corrected chi connectivity index (χ3v) is 6.03. The minimum absolute atomic E-state index is 0.0294. The summed E-state index contributed by atoms with van der Waals surface area (Å²) in [4.78, 5) is 27.8. The zero-order chi connectivity index (χ0) is 20.7. The molecule has 2 aliphatic heterocycles. The van der Waals surface area contributed by atoms with Crippen molar-refractivity contribution < 1.29 is 4.74 Å². The number of aromatic nitrogens is 4. The lowest BCUT2D eigenvalue weighted by Gasteiger charge is -2.43. The minimum Gasteiger partial charge on any atom is -0.481 e. The Morgan fingerprint density at radius 2 is 2.03 bits per heavy atom. The molecule has 5 rings (SSSR count). The molecule has 0 amide bonds. The van der Waals surface area contributed by atoms with Crippen molar-refractivity contribution in [1.29, 1.82) is 0 Å². The number of fused-ring (bicyclic) bond motifs is 4. The normalized spacial score (nSPS) is 20.6. The Morgan fingerprint density at radius 1 is 1.13 bits per heavy atom. The Balaban J connectivity index is 1.44. The third kappa shape index (κ3) is 3.54. The molecule has 2 aliphatic rings. The van der Waals surface area contributed by atoms with Crippen LogP contribution in [0.5, 0.6) is 5.88 Å². The first-order valence-corrected chi connectivity index (χ1v) is 10.1. The number of nitrogens with two attached hydrogens (primary N) is 1. The molecule has 2 atom stereocenters. The van der Waals surface area contributed by atoms with Gasteiger partial charge >= 0.3 is 0 Å². The fourth-order valence-corrected chi connectivity index (χ4v) is 4.78. The van der Waals surface area contributed by atoms with Crippen LogP contribution in [0.4, 0.5) is 5.82 Å². The number of hydrogen-bond donors (Lipinski definition) is 1. The molecular formula is C22H24N6O2. The van der Waals surface area contributed by atoms with Gasteiger partial charge < -0.3 is 15.0 Å². The van der Waals surface area contributed by atoms with Gasteiger partial charge in [-0.15, -0.1) is 0 Å². The zero-order valence-corrected chi connectivity index (χ0v) is 16.9. The monoisotopic (exact) mass is 404 g/mol. The summed E-state index contributed by atoms with van der Waals surface area (Å²) < 4.78 is 7.20. The maximum absolute atomic E-state index is 12.9. The van der Waals surface area contributed by atoms with Crippen molar-refractivity contribution in [2.45, 2.75) is 25.4 Å². The average molecular weight is 404 g/mol. The third-order valence-electron chi connectivity index (χ3n) is 6.03. The van der Waals surface area contributed by atoms with E-state index in [0.717, 1.165) is 43.9 Å². The highest BCUT2D eigenvalue weighted by Crippen LogP contribution is 2.37. The number of nitrogen functional groups attached to an aromatic ring is 1. The van der Waals surface area contributed by atoms with Crippen molar-refractivity contribution >= 4 is 5.82 Å². The van der Waals surface area contributed by atoms with Gasteiger partial charge in [-0.1, -0.05) is 0 Å². The van der Waals surface area contributed by atoms with Gasteiger partial charge in [0.2, 0.25) is 5.88 Å². The molecule has 0 radical (unpaired) electrons. The van der Waals surface area contributed by atoms with Gasteiger partial charge in [-0.3, -0.25) is 9.69 Å². The molecule has 3 aromatic rings. The van der Waals surface area contributed by atoms with E-state index >= 15 is 0 Å². The fourth-order valence-electron chi connectivity index (χ4n) is 4.78. The number of piperidine rings is 1. The lowest BCUT2D eigenvalue weighted by Crippen LogP contribution is -2.46. The summed E-state index contributed by atoms with van der Waals surface area (Å²) in [5, 5.41) is 0. The number of ether oxygens (including phenoxy) is 1. The molecule has 0 aromatic carbocycles. The summed E-state index contributed by atoms with van der Waals surface area (Å²) in [6.45, 7) is 3.50. The summed E-state index contributed by atoms with van der Waals surface area (Å²) in [6.07, 6.45) is 4.32. The van der Waals surface area contributed by atoms with E-state index in [1.165, 1.54) is 11.9 Å². The summed E-state index contributed by atoms with van der Waals surface area (Å²) in [5.41, 5.74) is 9.59. The van der Waals surface area contributed by atoms with E-state index in [9.17, 15) is 4.79 Å². The maximum Gasteiger partial charge on any atom is 0.251 e. The Morgan fingerprint density at radius 3 is 2.87 bits per heavy atom. The number of rotatable bonds is 4. The average Bonchev–Trinajstić information content (AvgIpc) is 2.74. The van der Waals surface area contributed by atoms with E-state index in [2.05, 4.69) is 25.9 Å². The van der Waals surface area contributed by atoms with Gasteiger partial charge in [0.1, 0.15) is 12.1 Å². The van der Waals surface area contributed by atoms with Crippen LogP contribution in [0, 0.1) is 5.92 Å². The van der Waals surface area contributed by atoms with Crippen molar-refractivity contribution in [3.8, 4) is 17.1 Å². The Bertz CT molecular complexity index is 1140. The van der Waals surface area contributed by atoms with Crippen molar-refractivity contribution in [1.82, 2.24) is 24.4 Å². The summed E-state index contributed by atoms with van der Waals surface area (Å²) in [7, 11) is 1.63. The molecule has 3 aromatic heterocycles.